The van der Waals surface area contributed by atoms with Crippen LogP contribution in [0.15, 0.2) is 29.4 Å². The maximum absolute atomic E-state index is 8.61. The molecule has 14 heavy (non-hydrogen) atoms. The number of oxime groups is 1. The second-order valence-electron chi connectivity index (χ2n) is 3.02. The van der Waals surface area contributed by atoms with Crippen molar-refractivity contribution >= 4 is 11.5 Å². The fraction of sp³-hybridized carbons (Fsp3) is 0.300. The van der Waals surface area contributed by atoms with Gasteiger partial charge in [0.15, 0.2) is 5.84 Å². The van der Waals surface area contributed by atoms with Crippen molar-refractivity contribution in [2.75, 3.05) is 18.5 Å². The quantitative estimate of drug-likeness (QED) is 0.328. The van der Waals surface area contributed by atoms with Gasteiger partial charge in [0, 0.05) is 24.8 Å². The molecule has 0 unspecified atom stereocenters. The molecule has 1 aromatic rings. The van der Waals surface area contributed by atoms with Crippen LogP contribution < -0.4 is 10.6 Å². The Hall–Kier alpha value is -1.71. The van der Waals surface area contributed by atoms with Crippen molar-refractivity contribution in [3.63, 3.8) is 0 Å². The molecule has 0 radical (unpaired) electrons. The summed E-state index contributed by atoms with van der Waals surface area (Å²) in [5, 5.41) is 11.6. The summed E-state index contributed by atoms with van der Waals surface area (Å²) in [4.78, 5) is 2.04. The molecule has 1 aromatic carbocycles. The van der Waals surface area contributed by atoms with Crippen LogP contribution in [0.4, 0.5) is 5.69 Å². The summed E-state index contributed by atoms with van der Waals surface area (Å²) in [7, 11) is 1.96. The van der Waals surface area contributed by atoms with Gasteiger partial charge in [-0.25, -0.2) is 0 Å². The van der Waals surface area contributed by atoms with Gasteiger partial charge >= 0.3 is 0 Å². The number of amidine groups is 1. The Bertz CT molecular complexity index is 336. The van der Waals surface area contributed by atoms with Gasteiger partial charge in [0.05, 0.1) is 0 Å². The summed E-state index contributed by atoms with van der Waals surface area (Å²) in [6.45, 7) is 2.92. The fourth-order valence-electron chi connectivity index (χ4n) is 1.25. The van der Waals surface area contributed by atoms with Gasteiger partial charge in [-0.15, -0.1) is 0 Å². The average molecular weight is 193 g/mol. The minimum atomic E-state index is 0.140. The van der Waals surface area contributed by atoms with Crippen molar-refractivity contribution in [2.24, 2.45) is 10.9 Å². The SMILES string of the molecule is CCN(C)c1ccccc1/C(N)=N/O. The van der Waals surface area contributed by atoms with Gasteiger partial charge in [-0.05, 0) is 19.1 Å². The smallest absolute Gasteiger partial charge is 0.172 e. The van der Waals surface area contributed by atoms with Crippen molar-refractivity contribution in [1.29, 1.82) is 0 Å². The van der Waals surface area contributed by atoms with Crippen molar-refractivity contribution in [2.45, 2.75) is 6.92 Å². The van der Waals surface area contributed by atoms with Gasteiger partial charge in [0.25, 0.3) is 0 Å². The van der Waals surface area contributed by atoms with Crippen molar-refractivity contribution in [3.05, 3.63) is 29.8 Å². The van der Waals surface area contributed by atoms with Crippen LogP contribution in [0.5, 0.6) is 0 Å². The molecule has 0 aromatic heterocycles. The molecule has 76 valence electrons. The van der Waals surface area contributed by atoms with Crippen LogP contribution in [-0.2, 0) is 0 Å². The fourth-order valence-corrected chi connectivity index (χ4v) is 1.25. The van der Waals surface area contributed by atoms with Crippen LogP contribution in [0.3, 0.4) is 0 Å². The second-order valence-corrected chi connectivity index (χ2v) is 3.02. The van der Waals surface area contributed by atoms with E-state index in [4.69, 9.17) is 10.9 Å². The lowest BCUT2D eigenvalue weighted by molar-refractivity contribution is 0.318. The minimum Gasteiger partial charge on any atom is -0.409 e. The highest BCUT2D eigenvalue weighted by molar-refractivity contribution is 6.02. The maximum atomic E-state index is 8.61. The van der Waals surface area contributed by atoms with Crippen LogP contribution in [-0.4, -0.2) is 24.6 Å². The van der Waals surface area contributed by atoms with Gasteiger partial charge < -0.3 is 15.8 Å². The molecule has 4 heteroatoms. The summed E-state index contributed by atoms with van der Waals surface area (Å²) < 4.78 is 0. The Morgan fingerprint density at radius 1 is 1.50 bits per heavy atom. The number of nitrogens with zero attached hydrogens (tertiary/aromatic N) is 2. The monoisotopic (exact) mass is 193 g/mol. The molecule has 0 aliphatic heterocycles. The van der Waals surface area contributed by atoms with E-state index in [0.29, 0.717) is 0 Å². The highest BCUT2D eigenvalue weighted by Crippen LogP contribution is 2.18. The van der Waals surface area contributed by atoms with E-state index in [1.165, 1.54) is 0 Å². The average Bonchev–Trinajstić information content (AvgIpc) is 2.27. The Kier molecular flexibility index (Phi) is 3.34. The Morgan fingerprint density at radius 3 is 2.71 bits per heavy atom. The molecule has 0 aliphatic rings. The number of rotatable bonds is 3. The Morgan fingerprint density at radius 2 is 2.14 bits per heavy atom. The lowest BCUT2D eigenvalue weighted by atomic mass is 10.1. The summed E-state index contributed by atoms with van der Waals surface area (Å²) in [5.74, 6) is 0.140. The summed E-state index contributed by atoms with van der Waals surface area (Å²) in [5.41, 5.74) is 7.27. The normalized spacial score (nSPS) is 11.4. The van der Waals surface area contributed by atoms with Gasteiger partial charge in [0.2, 0.25) is 0 Å². The predicted molar refractivity (Wildman–Crippen MR) is 57.9 cm³/mol. The van der Waals surface area contributed by atoms with E-state index in [9.17, 15) is 0 Å². The third kappa shape index (κ3) is 1.96. The third-order valence-electron chi connectivity index (χ3n) is 2.17. The zero-order chi connectivity index (χ0) is 10.6. The van der Waals surface area contributed by atoms with Gasteiger partial charge in [-0.3, -0.25) is 0 Å². The van der Waals surface area contributed by atoms with Crippen LogP contribution in [0.2, 0.25) is 0 Å². The number of para-hydroxylation sites is 1. The summed E-state index contributed by atoms with van der Waals surface area (Å²) in [6.07, 6.45) is 0. The van der Waals surface area contributed by atoms with E-state index in [1.807, 2.05) is 43.1 Å². The minimum absolute atomic E-state index is 0.140. The Labute approximate surface area is 83.6 Å². The molecule has 0 saturated heterocycles. The molecule has 0 fully saturated rings. The number of hydrogen-bond donors (Lipinski definition) is 2. The number of anilines is 1. The van der Waals surface area contributed by atoms with Gasteiger partial charge in [-0.1, -0.05) is 17.3 Å². The molecule has 0 amide bonds. The standard InChI is InChI=1S/C10H15N3O/c1-3-13(2)9-7-5-4-6-8(9)10(11)12-14/h4-7,14H,3H2,1-2H3,(H2,11,12). The number of benzene rings is 1. The molecule has 0 spiro atoms. The van der Waals surface area contributed by atoms with Crippen LogP contribution in [0.25, 0.3) is 0 Å². The molecule has 4 nitrogen and oxygen atoms in total. The van der Waals surface area contributed by atoms with Gasteiger partial charge in [-0.2, -0.15) is 0 Å². The zero-order valence-electron chi connectivity index (χ0n) is 8.44. The lowest BCUT2D eigenvalue weighted by Gasteiger charge is -2.19. The molecule has 1 rings (SSSR count). The molecule has 3 N–H and O–H groups in total. The van der Waals surface area contributed by atoms with E-state index in [-0.39, 0.29) is 5.84 Å². The largest absolute Gasteiger partial charge is 0.409 e. The topological polar surface area (TPSA) is 61.8 Å². The van der Waals surface area contributed by atoms with E-state index in [0.717, 1.165) is 17.8 Å². The predicted octanol–water partition coefficient (Wildman–Crippen LogP) is 1.24. The molecular formula is C10H15N3O. The van der Waals surface area contributed by atoms with Crippen LogP contribution >= 0.6 is 0 Å². The van der Waals surface area contributed by atoms with Crippen LogP contribution in [0, 0.1) is 0 Å². The molecule has 0 heterocycles. The Balaban J connectivity index is 3.16. The molecule has 0 bridgehead atoms. The van der Waals surface area contributed by atoms with Gasteiger partial charge in [0.1, 0.15) is 0 Å². The van der Waals surface area contributed by atoms with Crippen molar-refractivity contribution in [1.82, 2.24) is 0 Å². The lowest BCUT2D eigenvalue weighted by Crippen LogP contribution is -2.22. The van der Waals surface area contributed by atoms with Crippen LogP contribution in [0.1, 0.15) is 12.5 Å². The number of hydrogen-bond acceptors (Lipinski definition) is 3. The summed E-state index contributed by atoms with van der Waals surface area (Å²) >= 11 is 0. The first-order valence-corrected chi connectivity index (χ1v) is 4.48. The summed E-state index contributed by atoms with van der Waals surface area (Å²) in [6, 6.07) is 7.56. The maximum Gasteiger partial charge on any atom is 0.172 e. The molecular weight excluding hydrogens is 178 g/mol. The number of nitrogens with two attached hydrogens (primary N) is 1. The first-order chi connectivity index (χ1) is 6.70. The van der Waals surface area contributed by atoms with E-state index in [1.54, 1.807) is 0 Å². The van der Waals surface area contributed by atoms with E-state index < -0.39 is 0 Å². The third-order valence-corrected chi connectivity index (χ3v) is 2.17. The first-order valence-electron chi connectivity index (χ1n) is 4.48. The van der Waals surface area contributed by atoms with Crippen molar-refractivity contribution < 1.29 is 5.21 Å². The first kappa shape index (κ1) is 10.4. The zero-order valence-corrected chi connectivity index (χ0v) is 8.44. The van der Waals surface area contributed by atoms with E-state index >= 15 is 0 Å². The highest BCUT2D eigenvalue weighted by Gasteiger charge is 2.08. The molecule has 0 aliphatic carbocycles. The second kappa shape index (κ2) is 4.50. The van der Waals surface area contributed by atoms with Crippen molar-refractivity contribution in [3.8, 4) is 0 Å². The highest BCUT2D eigenvalue weighted by atomic mass is 16.4. The molecule has 0 saturated carbocycles. The molecule has 0 atom stereocenters. The van der Waals surface area contributed by atoms with E-state index in [2.05, 4.69) is 5.16 Å².